The number of terminal acetylenes is 2. The van der Waals surface area contributed by atoms with Crippen molar-refractivity contribution < 1.29 is 0 Å². The van der Waals surface area contributed by atoms with Crippen molar-refractivity contribution in [2.24, 2.45) is 0 Å². The van der Waals surface area contributed by atoms with Crippen LogP contribution < -0.4 is 0 Å². The van der Waals surface area contributed by atoms with Crippen LogP contribution in [0.1, 0.15) is 0 Å². The average molecular weight is 269 g/mol. The maximum atomic E-state index is 5.47. The molecule has 0 aliphatic rings. The van der Waals surface area contributed by atoms with Gasteiger partial charge in [0.2, 0.25) is 0 Å². The molecule has 0 fully saturated rings. The summed E-state index contributed by atoms with van der Waals surface area (Å²) < 4.78 is 0. The van der Waals surface area contributed by atoms with Gasteiger partial charge in [-0.15, -0.1) is 23.9 Å². The molecule has 0 saturated carbocycles. The van der Waals surface area contributed by atoms with Crippen LogP contribution in [0.15, 0.2) is 11.1 Å². The first-order valence-electron chi connectivity index (χ1n) is 5.83. The normalized spacial score (nSPS) is 11.8. The summed E-state index contributed by atoms with van der Waals surface area (Å²) in [4.78, 5) is 0. The molecule has 0 aliphatic carbocycles. The van der Waals surface area contributed by atoms with Crippen molar-refractivity contribution in [2.75, 3.05) is 0 Å². The first-order chi connectivity index (χ1) is 8.09. The Balaban J connectivity index is 5.61. The Hall–Kier alpha value is -1.59. The number of hydrogen-bond donors (Lipinski definition) is 0. The van der Waals surface area contributed by atoms with Crippen LogP contribution in [0.3, 0.4) is 0 Å². The first kappa shape index (κ1) is 16.4. The fourth-order valence-corrected chi connectivity index (χ4v) is 1.84. The Kier molecular flexibility index (Phi) is 5.81. The van der Waals surface area contributed by atoms with Gasteiger partial charge in [-0.25, -0.2) is 0 Å². The molecule has 0 atom stereocenters. The molecule has 0 saturated heterocycles. The van der Waals surface area contributed by atoms with E-state index in [1.54, 1.807) is 0 Å². The molecule has 92 valence electrons. The molecule has 0 rings (SSSR count). The smallest absolute Gasteiger partial charge is 0.126 e. The van der Waals surface area contributed by atoms with Gasteiger partial charge in [0.1, 0.15) is 16.1 Å². The second kappa shape index (κ2) is 6.37. The van der Waals surface area contributed by atoms with Crippen LogP contribution in [0, 0.1) is 47.6 Å². The number of rotatable bonds is 0. The highest BCUT2D eigenvalue weighted by Crippen LogP contribution is 2.05. The SMILES string of the molecule is C#C/C(C#C[Si](C)(C)C)=C(/C#C)C#C[Si](C)(C)C. The highest BCUT2D eigenvalue weighted by atomic mass is 28.3. The van der Waals surface area contributed by atoms with Crippen molar-refractivity contribution in [1.82, 2.24) is 0 Å². The fourth-order valence-electron chi connectivity index (χ4n) is 0.842. The zero-order valence-corrected chi connectivity index (χ0v) is 14.2. The maximum Gasteiger partial charge on any atom is 0.129 e. The van der Waals surface area contributed by atoms with Gasteiger partial charge in [0.15, 0.2) is 0 Å². The van der Waals surface area contributed by atoms with Crippen LogP contribution in [0.25, 0.3) is 0 Å². The molecule has 0 heterocycles. The fraction of sp³-hybridized carbons (Fsp3) is 0.375. The summed E-state index contributed by atoms with van der Waals surface area (Å²) in [6.45, 7) is 13.0. The Morgan fingerprint density at radius 2 is 0.944 bits per heavy atom. The van der Waals surface area contributed by atoms with E-state index in [1.807, 2.05) is 0 Å². The van der Waals surface area contributed by atoms with E-state index in [1.165, 1.54) is 0 Å². The third-order valence-electron chi connectivity index (χ3n) is 1.66. The summed E-state index contributed by atoms with van der Waals surface area (Å²) in [5.41, 5.74) is 7.54. The molecular formula is C16H20Si2. The molecule has 0 aromatic heterocycles. The molecule has 0 aromatic carbocycles. The number of hydrogen-bond acceptors (Lipinski definition) is 0. The molecule has 0 aromatic rings. The van der Waals surface area contributed by atoms with Crippen LogP contribution in [-0.4, -0.2) is 16.1 Å². The van der Waals surface area contributed by atoms with Crippen LogP contribution in [0.5, 0.6) is 0 Å². The quantitative estimate of drug-likeness (QED) is 0.467. The van der Waals surface area contributed by atoms with Crippen molar-refractivity contribution in [2.45, 2.75) is 39.3 Å². The van der Waals surface area contributed by atoms with Crippen LogP contribution >= 0.6 is 0 Å². The van der Waals surface area contributed by atoms with E-state index in [0.29, 0.717) is 11.1 Å². The lowest BCUT2D eigenvalue weighted by Crippen LogP contribution is -2.16. The Labute approximate surface area is 114 Å². The Morgan fingerprint density at radius 3 is 1.11 bits per heavy atom. The van der Waals surface area contributed by atoms with Crippen LogP contribution in [-0.2, 0) is 0 Å². The third kappa shape index (κ3) is 7.65. The van der Waals surface area contributed by atoms with Crippen molar-refractivity contribution in [3.05, 3.63) is 11.1 Å². The van der Waals surface area contributed by atoms with E-state index in [-0.39, 0.29) is 0 Å². The van der Waals surface area contributed by atoms with E-state index in [2.05, 4.69) is 74.1 Å². The monoisotopic (exact) mass is 268 g/mol. The van der Waals surface area contributed by atoms with Gasteiger partial charge in [0.05, 0.1) is 11.1 Å². The van der Waals surface area contributed by atoms with Gasteiger partial charge < -0.3 is 0 Å². The second-order valence-corrected chi connectivity index (χ2v) is 15.5. The minimum Gasteiger partial charge on any atom is -0.126 e. The second-order valence-electron chi connectivity index (χ2n) is 6.04. The molecule has 0 N–H and O–H groups in total. The largest absolute Gasteiger partial charge is 0.129 e. The summed E-state index contributed by atoms with van der Waals surface area (Å²) >= 11 is 0. The highest BCUT2D eigenvalue weighted by Gasteiger charge is 2.09. The van der Waals surface area contributed by atoms with Gasteiger partial charge in [0, 0.05) is 0 Å². The van der Waals surface area contributed by atoms with Crippen molar-refractivity contribution in [3.63, 3.8) is 0 Å². The van der Waals surface area contributed by atoms with E-state index >= 15 is 0 Å². The van der Waals surface area contributed by atoms with E-state index in [4.69, 9.17) is 12.8 Å². The highest BCUT2D eigenvalue weighted by molar-refractivity contribution is 6.84. The van der Waals surface area contributed by atoms with Gasteiger partial charge in [-0.2, -0.15) is 0 Å². The van der Waals surface area contributed by atoms with Gasteiger partial charge in [-0.1, -0.05) is 63.0 Å². The van der Waals surface area contributed by atoms with E-state index < -0.39 is 16.1 Å². The molecule has 0 aliphatic heterocycles. The maximum absolute atomic E-state index is 5.47. The summed E-state index contributed by atoms with van der Waals surface area (Å²) in [7, 11) is -2.91. The lowest BCUT2D eigenvalue weighted by atomic mass is 10.1. The van der Waals surface area contributed by atoms with Crippen LogP contribution in [0.4, 0.5) is 0 Å². The van der Waals surface area contributed by atoms with Gasteiger partial charge >= 0.3 is 0 Å². The molecule has 0 radical (unpaired) electrons. The van der Waals surface area contributed by atoms with E-state index in [9.17, 15) is 0 Å². The summed E-state index contributed by atoms with van der Waals surface area (Å²) in [6.07, 6.45) is 10.9. The molecule has 0 nitrogen and oxygen atoms in total. The van der Waals surface area contributed by atoms with Gasteiger partial charge in [-0.05, 0) is 0 Å². The van der Waals surface area contributed by atoms with Crippen molar-refractivity contribution >= 4 is 16.1 Å². The van der Waals surface area contributed by atoms with Gasteiger partial charge in [0.25, 0.3) is 0 Å². The molecule has 0 spiro atoms. The standard InChI is InChI=1S/C16H20Si2/c1-9-15(11-13-17(3,4)5)16(10-2)12-14-18(6,7)8/h1-2H,3-8H3/b16-15+. The summed E-state index contributed by atoms with van der Waals surface area (Å²) in [5, 5.41) is 0. The minimum atomic E-state index is -1.45. The summed E-state index contributed by atoms with van der Waals surface area (Å²) in [5.74, 6) is 11.2. The lowest BCUT2D eigenvalue weighted by Gasteiger charge is -2.04. The predicted molar refractivity (Wildman–Crippen MR) is 86.9 cm³/mol. The predicted octanol–water partition coefficient (Wildman–Crippen LogP) is 3.31. The summed E-state index contributed by atoms with van der Waals surface area (Å²) in [6, 6.07) is 0. The molecular weight excluding hydrogens is 248 g/mol. The average Bonchev–Trinajstić information content (AvgIpc) is 2.20. The Morgan fingerprint density at radius 1 is 0.667 bits per heavy atom. The zero-order valence-electron chi connectivity index (χ0n) is 12.2. The molecule has 0 unspecified atom stereocenters. The number of allylic oxidation sites excluding steroid dienone is 2. The minimum absolute atomic E-state index is 0.547. The van der Waals surface area contributed by atoms with Gasteiger partial charge in [-0.3, -0.25) is 0 Å². The van der Waals surface area contributed by atoms with Crippen molar-refractivity contribution in [1.29, 1.82) is 0 Å². The molecule has 0 amide bonds. The topological polar surface area (TPSA) is 0 Å². The first-order valence-corrected chi connectivity index (χ1v) is 12.8. The molecule has 2 heteroatoms. The molecule has 18 heavy (non-hydrogen) atoms. The van der Waals surface area contributed by atoms with Crippen LogP contribution in [0.2, 0.25) is 39.3 Å². The zero-order chi connectivity index (χ0) is 14.4. The van der Waals surface area contributed by atoms with E-state index in [0.717, 1.165) is 0 Å². The lowest BCUT2D eigenvalue weighted by molar-refractivity contribution is 1.75. The Bertz CT molecular complexity index is 490. The van der Waals surface area contributed by atoms with Crippen molar-refractivity contribution in [3.8, 4) is 47.6 Å². The molecule has 0 bridgehead atoms. The third-order valence-corrected chi connectivity index (χ3v) is 3.41.